The predicted molar refractivity (Wildman–Crippen MR) is 160 cm³/mol. The smallest absolute Gasteiger partial charge is 0.307 e. The molecule has 0 spiro atoms. The standard InChI is InChI=1S/C31H39N3O6S/c1-6-33(7-2)41(38,39)30-20(4)15-23(16-21(30)5)22-12-13-27-25(17-22)26(19-28(35)32-27)31(37)34-14-10-9-11-24(34)18-29(36)40-8-3/h12-13,15-17,19,24H,6-11,14,18H2,1-5H3,(H,32,35)/t24-/m1/s1. The fourth-order valence-corrected chi connectivity index (χ4v) is 7.74. The lowest BCUT2D eigenvalue weighted by Gasteiger charge is -2.35. The molecule has 0 saturated carbocycles. The zero-order chi connectivity index (χ0) is 29.9. The van der Waals surface area contributed by atoms with Crippen molar-refractivity contribution in [3.63, 3.8) is 0 Å². The molecule has 1 N–H and O–H groups in total. The van der Waals surface area contributed by atoms with Crippen molar-refractivity contribution in [3.8, 4) is 11.1 Å². The van der Waals surface area contributed by atoms with Gasteiger partial charge in [-0.15, -0.1) is 0 Å². The van der Waals surface area contributed by atoms with E-state index in [4.69, 9.17) is 4.74 Å². The van der Waals surface area contributed by atoms with Crippen molar-refractivity contribution in [1.29, 1.82) is 0 Å². The van der Waals surface area contributed by atoms with E-state index in [0.717, 1.165) is 24.0 Å². The van der Waals surface area contributed by atoms with Gasteiger partial charge in [0, 0.05) is 42.6 Å². The van der Waals surface area contributed by atoms with Crippen molar-refractivity contribution in [3.05, 3.63) is 63.4 Å². The van der Waals surface area contributed by atoms with Gasteiger partial charge in [-0.25, -0.2) is 8.42 Å². The second kappa shape index (κ2) is 12.6. The minimum absolute atomic E-state index is 0.118. The molecule has 0 radical (unpaired) electrons. The number of sulfonamides is 1. The summed E-state index contributed by atoms with van der Waals surface area (Å²) in [5, 5.41) is 0.586. The van der Waals surface area contributed by atoms with Crippen LogP contribution in [0.1, 0.15) is 67.9 Å². The molecule has 41 heavy (non-hydrogen) atoms. The molecule has 1 saturated heterocycles. The predicted octanol–water partition coefficient (Wildman–Crippen LogP) is 4.79. The molecule has 1 aliphatic heterocycles. The first-order valence-corrected chi connectivity index (χ1v) is 15.7. The number of carbonyl (C=O) groups excluding carboxylic acids is 2. The van der Waals surface area contributed by atoms with E-state index in [1.165, 1.54) is 10.4 Å². The maximum atomic E-state index is 13.9. The third-order valence-corrected chi connectivity index (χ3v) is 10.1. The highest BCUT2D eigenvalue weighted by Gasteiger charge is 2.31. The van der Waals surface area contributed by atoms with Crippen LogP contribution < -0.4 is 5.56 Å². The number of benzene rings is 2. The van der Waals surface area contributed by atoms with Crippen LogP contribution in [-0.4, -0.2) is 66.8 Å². The molecule has 9 nitrogen and oxygen atoms in total. The molecular formula is C31H39N3O6S. The van der Waals surface area contributed by atoms with Crippen LogP contribution in [0.5, 0.6) is 0 Å². The van der Waals surface area contributed by atoms with E-state index in [1.807, 2.05) is 38.1 Å². The molecule has 2 aromatic carbocycles. The average Bonchev–Trinajstić information content (AvgIpc) is 2.92. The van der Waals surface area contributed by atoms with Gasteiger partial charge in [0.2, 0.25) is 15.6 Å². The molecule has 1 fully saturated rings. The number of aromatic amines is 1. The number of H-pyrrole nitrogens is 1. The van der Waals surface area contributed by atoms with Gasteiger partial charge in [0.1, 0.15) is 0 Å². The number of nitrogens with zero attached hydrogens (tertiary/aromatic N) is 2. The number of amides is 1. The van der Waals surface area contributed by atoms with Crippen LogP contribution in [0, 0.1) is 13.8 Å². The number of rotatable bonds is 9. The zero-order valence-corrected chi connectivity index (χ0v) is 25.3. The Kier molecular flexibility index (Phi) is 9.34. The summed E-state index contributed by atoms with van der Waals surface area (Å²) >= 11 is 0. The molecule has 0 aliphatic carbocycles. The van der Waals surface area contributed by atoms with E-state index < -0.39 is 10.0 Å². The van der Waals surface area contributed by atoms with Gasteiger partial charge in [0.05, 0.1) is 23.5 Å². The summed E-state index contributed by atoms with van der Waals surface area (Å²) in [6.07, 6.45) is 2.54. The number of nitrogens with one attached hydrogen (secondary N) is 1. The molecule has 0 bridgehead atoms. The summed E-state index contributed by atoms with van der Waals surface area (Å²) in [7, 11) is -3.64. The summed E-state index contributed by atoms with van der Waals surface area (Å²) < 4.78 is 33.2. The molecule has 220 valence electrons. The van der Waals surface area contributed by atoms with Gasteiger partial charge in [0.15, 0.2) is 0 Å². The van der Waals surface area contributed by atoms with Crippen LogP contribution in [0.15, 0.2) is 46.1 Å². The largest absolute Gasteiger partial charge is 0.466 e. The molecule has 4 rings (SSSR count). The molecule has 1 aliphatic rings. The number of esters is 1. The van der Waals surface area contributed by atoms with E-state index in [0.29, 0.717) is 53.0 Å². The first-order valence-electron chi connectivity index (χ1n) is 14.3. The van der Waals surface area contributed by atoms with Crippen molar-refractivity contribution in [1.82, 2.24) is 14.2 Å². The summed E-state index contributed by atoms with van der Waals surface area (Å²) in [4.78, 5) is 43.5. The average molecular weight is 582 g/mol. The molecule has 10 heteroatoms. The molecular weight excluding hydrogens is 542 g/mol. The maximum Gasteiger partial charge on any atom is 0.307 e. The minimum atomic E-state index is -3.64. The van der Waals surface area contributed by atoms with Crippen molar-refractivity contribution in [2.24, 2.45) is 0 Å². The van der Waals surface area contributed by atoms with E-state index >= 15 is 0 Å². The van der Waals surface area contributed by atoms with Crippen molar-refractivity contribution >= 4 is 32.8 Å². The Balaban J connectivity index is 1.77. The third-order valence-electron chi connectivity index (χ3n) is 7.77. The number of fused-ring (bicyclic) bond motifs is 1. The Hall–Kier alpha value is -3.50. The number of likely N-dealkylation sites (tertiary alicyclic amines) is 1. The lowest BCUT2D eigenvalue weighted by molar-refractivity contribution is -0.144. The molecule has 0 unspecified atom stereocenters. The molecule has 1 amide bonds. The van der Waals surface area contributed by atoms with E-state index in [2.05, 4.69) is 4.98 Å². The van der Waals surface area contributed by atoms with Gasteiger partial charge in [-0.05, 0) is 74.4 Å². The highest BCUT2D eigenvalue weighted by molar-refractivity contribution is 7.89. The SMILES string of the molecule is CCOC(=O)C[C@H]1CCCCN1C(=O)c1cc(=O)[nH]c2ccc(-c3cc(C)c(S(=O)(=O)N(CC)CC)c(C)c3)cc12. The highest BCUT2D eigenvalue weighted by Crippen LogP contribution is 2.32. The number of aromatic nitrogens is 1. The topological polar surface area (TPSA) is 117 Å². The number of aryl methyl sites for hydroxylation is 2. The summed E-state index contributed by atoms with van der Waals surface area (Å²) in [6.45, 7) is 10.5. The zero-order valence-electron chi connectivity index (χ0n) is 24.5. The van der Waals surface area contributed by atoms with Gasteiger partial charge in [-0.3, -0.25) is 14.4 Å². The van der Waals surface area contributed by atoms with Crippen LogP contribution in [-0.2, 0) is 19.6 Å². The van der Waals surface area contributed by atoms with Gasteiger partial charge in [-0.2, -0.15) is 4.31 Å². The Morgan fingerprint density at radius 3 is 2.32 bits per heavy atom. The fraction of sp³-hybridized carbons (Fsp3) is 0.452. The number of carbonyl (C=O) groups is 2. The van der Waals surface area contributed by atoms with E-state index in [1.54, 1.807) is 31.7 Å². The molecule has 3 aromatic rings. The number of hydrogen-bond donors (Lipinski definition) is 1. The number of hydrogen-bond acceptors (Lipinski definition) is 6. The van der Waals surface area contributed by atoms with E-state index in [9.17, 15) is 22.8 Å². The van der Waals surface area contributed by atoms with Crippen LogP contribution in [0.2, 0.25) is 0 Å². The Labute approximate surface area is 241 Å². The summed E-state index contributed by atoms with van der Waals surface area (Å²) in [5.41, 5.74) is 3.29. The van der Waals surface area contributed by atoms with Gasteiger partial charge < -0.3 is 14.6 Å². The second-order valence-corrected chi connectivity index (χ2v) is 12.4. The number of piperidine rings is 1. The second-order valence-electron chi connectivity index (χ2n) is 10.5. The van der Waals surface area contributed by atoms with Crippen LogP contribution >= 0.6 is 0 Å². The fourth-order valence-electron chi connectivity index (χ4n) is 5.87. The quantitative estimate of drug-likeness (QED) is 0.363. The Bertz CT molecular complexity index is 1600. The lowest BCUT2D eigenvalue weighted by atomic mass is 9.95. The van der Waals surface area contributed by atoms with Crippen LogP contribution in [0.25, 0.3) is 22.0 Å². The molecule has 2 heterocycles. The Morgan fingerprint density at radius 1 is 1.00 bits per heavy atom. The molecule has 1 aromatic heterocycles. The van der Waals surface area contributed by atoms with Crippen molar-refractivity contribution < 1.29 is 22.7 Å². The highest BCUT2D eigenvalue weighted by atomic mass is 32.2. The normalized spacial score (nSPS) is 15.9. The van der Waals surface area contributed by atoms with Gasteiger partial charge >= 0.3 is 5.97 Å². The van der Waals surface area contributed by atoms with Crippen molar-refractivity contribution in [2.45, 2.75) is 71.2 Å². The van der Waals surface area contributed by atoms with Crippen molar-refractivity contribution in [2.75, 3.05) is 26.2 Å². The van der Waals surface area contributed by atoms with Gasteiger partial charge in [0.25, 0.3) is 5.91 Å². The van der Waals surface area contributed by atoms with Gasteiger partial charge in [-0.1, -0.05) is 32.0 Å². The van der Waals surface area contributed by atoms with E-state index in [-0.39, 0.29) is 42.1 Å². The molecule has 1 atom stereocenters. The first kappa shape index (κ1) is 30.5. The number of pyridine rings is 1. The Morgan fingerprint density at radius 2 is 1.68 bits per heavy atom. The van der Waals surface area contributed by atoms with Crippen LogP contribution in [0.3, 0.4) is 0 Å². The van der Waals surface area contributed by atoms with Crippen LogP contribution in [0.4, 0.5) is 0 Å². The number of ether oxygens (including phenoxy) is 1. The minimum Gasteiger partial charge on any atom is -0.466 e. The lowest BCUT2D eigenvalue weighted by Crippen LogP contribution is -2.45. The summed E-state index contributed by atoms with van der Waals surface area (Å²) in [5.74, 6) is -0.632. The summed E-state index contributed by atoms with van der Waals surface area (Å²) in [6, 6.07) is 10.2. The maximum absolute atomic E-state index is 13.9. The first-order chi connectivity index (χ1) is 19.5. The third kappa shape index (κ3) is 6.23. The monoisotopic (exact) mass is 581 g/mol.